The number of methoxy groups -OCH3 is 1. The van der Waals surface area contributed by atoms with Gasteiger partial charge in [-0.3, -0.25) is 9.48 Å². The van der Waals surface area contributed by atoms with E-state index in [1.54, 1.807) is 43.2 Å². The Hall–Kier alpha value is -2.90. The van der Waals surface area contributed by atoms with Crippen molar-refractivity contribution < 1.29 is 14.1 Å². The third-order valence-electron chi connectivity index (χ3n) is 3.35. The monoisotopic (exact) mass is 301 g/mol. The van der Waals surface area contributed by atoms with Crippen molar-refractivity contribution >= 4 is 16.9 Å². The minimum absolute atomic E-state index is 0.130. The second kappa shape index (κ2) is 5.84. The third kappa shape index (κ3) is 2.76. The molecular weight excluding hydrogens is 286 g/mol. The van der Waals surface area contributed by atoms with Gasteiger partial charge < -0.3 is 14.6 Å². The summed E-state index contributed by atoms with van der Waals surface area (Å²) in [5.41, 5.74) is 2.02. The van der Waals surface area contributed by atoms with Crippen LogP contribution in [0.2, 0.25) is 0 Å². The first-order valence-corrected chi connectivity index (χ1v) is 6.70. The van der Waals surface area contributed by atoms with Crippen LogP contribution in [0.5, 0.6) is 5.75 Å². The number of nitrogens with zero attached hydrogens (tertiary/aromatic N) is 4. The van der Waals surface area contributed by atoms with Crippen LogP contribution in [0.15, 0.2) is 28.9 Å². The molecule has 2 aromatic heterocycles. The molecule has 3 aromatic rings. The Morgan fingerprint density at radius 1 is 1.45 bits per heavy atom. The molecule has 3 rings (SSSR count). The van der Waals surface area contributed by atoms with E-state index in [0.29, 0.717) is 23.6 Å². The van der Waals surface area contributed by atoms with Crippen LogP contribution in [-0.2, 0) is 24.8 Å². The number of aryl methyl sites for hydroxylation is 1. The van der Waals surface area contributed by atoms with Crippen molar-refractivity contribution in [2.75, 3.05) is 7.11 Å². The van der Waals surface area contributed by atoms with E-state index in [1.807, 2.05) is 0 Å². The second-order valence-corrected chi connectivity index (χ2v) is 4.79. The minimum atomic E-state index is -0.154. The molecule has 0 saturated carbocycles. The van der Waals surface area contributed by atoms with Gasteiger partial charge >= 0.3 is 0 Å². The second-order valence-electron chi connectivity index (χ2n) is 4.79. The predicted octanol–water partition coefficient (Wildman–Crippen LogP) is 0.824. The van der Waals surface area contributed by atoms with Crippen LogP contribution in [0.4, 0.5) is 0 Å². The molecule has 2 heterocycles. The first kappa shape index (κ1) is 14.1. The number of nitrogens with one attached hydrogen (secondary N) is 1. The maximum Gasteiger partial charge on any atom is 0.226 e. The normalized spacial score (nSPS) is 10.8. The first-order chi connectivity index (χ1) is 10.7. The lowest BCUT2D eigenvalue weighted by atomic mass is 10.1. The zero-order chi connectivity index (χ0) is 15.5. The van der Waals surface area contributed by atoms with E-state index in [9.17, 15) is 4.79 Å². The van der Waals surface area contributed by atoms with Crippen LogP contribution in [0.3, 0.4) is 0 Å². The van der Waals surface area contributed by atoms with Crippen molar-refractivity contribution in [3.8, 4) is 5.75 Å². The lowest BCUT2D eigenvalue weighted by Crippen LogP contribution is -2.25. The Labute approximate surface area is 126 Å². The fraction of sp³-hybridized carbons (Fsp3) is 0.286. The maximum atomic E-state index is 12.0. The Bertz CT molecular complexity index is 808. The largest absolute Gasteiger partial charge is 0.497 e. The van der Waals surface area contributed by atoms with Crippen molar-refractivity contribution in [3.05, 3.63) is 35.8 Å². The lowest BCUT2D eigenvalue weighted by Gasteiger charge is -2.04. The van der Waals surface area contributed by atoms with Gasteiger partial charge in [0.1, 0.15) is 11.4 Å². The van der Waals surface area contributed by atoms with E-state index >= 15 is 0 Å². The zero-order valence-electron chi connectivity index (χ0n) is 12.2. The number of carbonyl (C=O) groups is 1. The van der Waals surface area contributed by atoms with Crippen LogP contribution in [-0.4, -0.2) is 33.2 Å². The average Bonchev–Trinajstić information content (AvgIpc) is 3.11. The highest BCUT2D eigenvalue weighted by molar-refractivity contribution is 5.87. The lowest BCUT2D eigenvalue weighted by molar-refractivity contribution is -0.120. The average molecular weight is 301 g/mol. The van der Waals surface area contributed by atoms with E-state index in [1.165, 1.54) is 0 Å². The molecule has 0 bridgehead atoms. The summed E-state index contributed by atoms with van der Waals surface area (Å²) in [6.45, 7) is 0.363. The van der Waals surface area contributed by atoms with Crippen LogP contribution >= 0.6 is 0 Å². The predicted molar refractivity (Wildman–Crippen MR) is 77.1 cm³/mol. The molecule has 1 amide bonds. The van der Waals surface area contributed by atoms with Gasteiger partial charge in [-0.15, -0.1) is 5.10 Å². The number of amides is 1. The van der Waals surface area contributed by atoms with Crippen molar-refractivity contribution in [1.82, 2.24) is 25.5 Å². The number of fused-ring (bicyclic) bond motifs is 1. The van der Waals surface area contributed by atoms with Gasteiger partial charge in [0.25, 0.3) is 0 Å². The van der Waals surface area contributed by atoms with Crippen LogP contribution in [0.1, 0.15) is 11.4 Å². The SMILES string of the molecule is COc1ccc2onc(CC(=O)NCc3cnnn3C)c2c1. The number of hydrogen-bond donors (Lipinski definition) is 1. The molecule has 8 heteroatoms. The van der Waals surface area contributed by atoms with Gasteiger partial charge in [0, 0.05) is 12.4 Å². The van der Waals surface area contributed by atoms with E-state index in [2.05, 4.69) is 20.8 Å². The smallest absolute Gasteiger partial charge is 0.226 e. The van der Waals surface area contributed by atoms with Crippen LogP contribution in [0.25, 0.3) is 11.0 Å². The Balaban J connectivity index is 1.70. The Morgan fingerprint density at radius 2 is 2.32 bits per heavy atom. The van der Waals surface area contributed by atoms with E-state index in [4.69, 9.17) is 9.26 Å². The first-order valence-electron chi connectivity index (χ1n) is 6.70. The topological polar surface area (TPSA) is 95.1 Å². The van der Waals surface area contributed by atoms with E-state index in [0.717, 1.165) is 11.1 Å². The molecule has 0 radical (unpaired) electrons. The Kier molecular flexibility index (Phi) is 3.73. The van der Waals surface area contributed by atoms with Crippen molar-refractivity contribution in [3.63, 3.8) is 0 Å². The van der Waals surface area contributed by atoms with Crippen molar-refractivity contribution in [2.24, 2.45) is 7.05 Å². The number of ether oxygens (including phenoxy) is 1. The molecule has 0 unspecified atom stereocenters. The fourth-order valence-electron chi connectivity index (χ4n) is 2.10. The molecule has 0 aliphatic rings. The number of aromatic nitrogens is 4. The molecule has 8 nitrogen and oxygen atoms in total. The summed E-state index contributed by atoms with van der Waals surface area (Å²) >= 11 is 0. The highest BCUT2D eigenvalue weighted by Crippen LogP contribution is 2.24. The van der Waals surface area contributed by atoms with Gasteiger partial charge in [-0.05, 0) is 18.2 Å². The van der Waals surface area contributed by atoms with E-state index < -0.39 is 0 Å². The molecular formula is C14H15N5O3. The fourth-order valence-corrected chi connectivity index (χ4v) is 2.10. The van der Waals surface area contributed by atoms with Gasteiger partial charge in [-0.25, -0.2) is 0 Å². The summed E-state index contributed by atoms with van der Waals surface area (Å²) in [6, 6.07) is 5.36. The number of rotatable bonds is 5. The third-order valence-corrected chi connectivity index (χ3v) is 3.35. The molecule has 1 aromatic carbocycles. The summed E-state index contributed by atoms with van der Waals surface area (Å²) in [5, 5.41) is 15.1. The number of carbonyl (C=O) groups excluding carboxylic acids is 1. The summed E-state index contributed by atoms with van der Waals surface area (Å²) in [6.07, 6.45) is 1.74. The standard InChI is InChI=1S/C14H15N5O3/c1-19-9(8-16-18-19)7-15-14(20)6-12-11-5-10(21-2)3-4-13(11)22-17-12/h3-5,8H,6-7H2,1-2H3,(H,15,20). The highest BCUT2D eigenvalue weighted by Gasteiger charge is 2.13. The molecule has 0 atom stereocenters. The van der Waals surface area contributed by atoms with Crippen LogP contribution < -0.4 is 10.1 Å². The number of hydrogen-bond acceptors (Lipinski definition) is 6. The minimum Gasteiger partial charge on any atom is -0.497 e. The molecule has 0 spiro atoms. The number of benzene rings is 1. The van der Waals surface area contributed by atoms with Gasteiger partial charge in [-0.1, -0.05) is 10.4 Å². The summed E-state index contributed by atoms with van der Waals surface area (Å²) in [7, 11) is 3.36. The van der Waals surface area contributed by atoms with Gasteiger partial charge in [0.2, 0.25) is 5.91 Å². The molecule has 114 valence electrons. The molecule has 0 fully saturated rings. The highest BCUT2D eigenvalue weighted by atomic mass is 16.5. The molecule has 0 aliphatic carbocycles. The van der Waals surface area contributed by atoms with Crippen LogP contribution in [0, 0.1) is 0 Å². The van der Waals surface area contributed by atoms with Crippen molar-refractivity contribution in [2.45, 2.75) is 13.0 Å². The molecule has 1 N–H and O–H groups in total. The quantitative estimate of drug-likeness (QED) is 0.750. The zero-order valence-corrected chi connectivity index (χ0v) is 12.2. The molecule has 0 saturated heterocycles. The van der Waals surface area contributed by atoms with Gasteiger partial charge in [-0.2, -0.15) is 0 Å². The van der Waals surface area contributed by atoms with Gasteiger partial charge in [0.05, 0.1) is 32.0 Å². The maximum absolute atomic E-state index is 12.0. The van der Waals surface area contributed by atoms with E-state index in [-0.39, 0.29) is 12.3 Å². The summed E-state index contributed by atoms with van der Waals surface area (Å²) < 4.78 is 12.0. The summed E-state index contributed by atoms with van der Waals surface area (Å²) in [4.78, 5) is 12.0. The molecule has 0 aliphatic heterocycles. The van der Waals surface area contributed by atoms with Crippen molar-refractivity contribution in [1.29, 1.82) is 0 Å². The Morgan fingerprint density at radius 3 is 3.05 bits per heavy atom. The van der Waals surface area contributed by atoms with Gasteiger partial charge in [0.15, 0.2) is 5.58 Å². The molecule has 22 heavy (non-hydrogen) atoms. The summed E-state index contributed by atoms with van der Waals surface area (Å²) in [5.74, 6) is 0.539.